The highest BCUT2D eigenvalue weighted by Crippen LogP contribution is 2.16. The van der Waals surface area contributed by atoms with Crippen molar-refractivity contribution >= 4 is 5.91 Å². The quantitative estimate of drug-likeness (QED) is 0.767. The van der Waals surface area contributed by atoms with E-state index < -0.39 is 0 Å². The Morgan fingerprint density at radius 3 is 2.20 bits per heavy atom. The van der Waals surface area contributed by atoms with Gasteiger partial charge in [0.05, 0.1) is 23.1 Å². The molecule has 0 bridgehead atoms. The van der Waals surface area contributed by atoms with E-state index in [1.165, 1.54) is 11.1 Å². The van der Waals surface area contributed by atoms with E-state index in [2.05, 4.69) is 24.3 Å². The summed E-state index contributed by atoms with van der Waals surface area (Å²) < 4.78 is 1.85. The molecule has 0 aliphatic heterocycles. The van der Waals surface area contributed by atoms with Crippen LogP contribution in [0.1, 0.15) is 39.7 Å². The number of carbonyl (C=O) groups is 1. The van der Waals surface area contributed by atoms with Crippen molar-refractivity contribution in [2.24, 2.45) is 0 Å². The van der Waals surface area contributed by atoms with Gasteiger partial charge in [0.2, 0.25) is 0 Å². The van der Waals surface area contributed by atoms with Crippen molar-refractivity contribution in [3.63, 3.8) is 0 Å². The second-order valence-corrected chi connectivity index (χ2v) is 6.27. The molecule has 0 saturated carbocycles. The van der Waals surface area contributed by atoms with E-state index in [0.29, 0.717) is 12.1 Å². The van der Waals surface area contributed by atoms with Crippen molar-refractivity contribution < 1.29 is 4.79 Å². The number of hydrogen-bond acceptors (Lipinski definition) is 2. The van der Waals surface area contributed by atoms with Crippen LogP contribution in [0.25, 0.3) is 5.69 Å². The van der Waals surface area contributed by atoms with Crippen LogP contribution in [0, 0.1) is 13.8 Å². The maximum atomic E-state index is 12.6. The number of benzene rings is 2. The monoisotopic (exact) mass is 333 g/mol. The zero-order valence-corrected chi connectivity index (χ0v) is 14.9. The number of aryl methyl sites for hydroxylation is 2. The molecule has 3 aromatic rings. The van der Waals surface area contributed by atoms with E-state index in [0.717, 1.165) is 23.4 Å². The summed E-state index contributed by atoms with van der Waals surface area (Å²) in [4.78, 5) is 12.6. The van der Waals surface area contributed by atoms with E-state index in [-0.39, 0.29) is 5.91 Å². The highest BCUT2D eigenvalue weighted by Gasteiger charge is 2.16. The zero-order chi connectivity index (χ0) is 17.8. The van der Waals surface area contributed by atoms with Crippen LogP contribution >= 0.6 is 0 Å². The molecule has 0 aliphatic rings. The standard InChI is InChI=1S/C21H23N3O/c1-4-20-19(14-23-24(20)18-11-7-16(3)8-12-18)21(25)22-13-17-9-5-15(2)6-10-17/h5-12,14H,4,13H2,1-3H3,(H,22,25). The lowest BCUT2D eigenvalue weighted by atomic mass is 10.1. The van der Waals surface area contributed by atoms with Crippen LogP contribution in [-0.2, 0) is 13.0 Å². The Bertz CT molecular complexity index is 861. The Balaban J connectivity index is 1.78. The van der Waals surface area contributed by atoms with Crippen molar-refractivity contribution in [1.29, 1.82) is 0 Å². The highest BCUT2D eigenvalue weighted by atomic mass is 16.1. The Labute approximate surface area is 148 Å². The fraction of sp³-hybridized carbons (Fsp3) is 0.238. The molecule has 1 amide bonds. The molecule has 2 aromatic carbocycles. The molecule has 0 spiro atoms. The van der Waals surface area contributed by atoms with Gasteiger partial charge in [-0.05, 0) is 38.0 Å². The number of rotatable bonds is 5. The number of carbonyl (C=O) groups excluding carboxylic acids is 1. The summed E-state index contributed by atoms with van der Waals surface area (Å²) in [5.74, 6) is -0.0872. The van der Waals surface area contributed by atoms with Gasteiger partial charge in [-0.15, -0.1) is 0 Å². The first-order valence-corrected chi connectivity index (χ1v) is 8.56. The second-order valence-electron chi connectivity index (χ2n) is 6.27. The Morgan fingerprint density at radius 1 is 1.00 bits per heavy atom. The SMILES string of the molecule is CCc1c(C(=O)NCc2ccc(C)cc2)cnn1-c1ccc(C)cc1. The Hall–Kier alpha value is -2.88. The van der Waals surface area contributed by atoms with Crippen LogP contribution in [0.5, 0.6) is 0 Å². The minimum Gasteiger partial charge on any atom is -0.348 e. The average Bonchev–Trinajstić information content (AvgIpc) is 3.05. The molecule has 25 heavy (non-hydrogen) atoms. The first-order chi connectivity index (χ1) is 12.1. The third kappa shape index (κ3) is 3.79. The molecule has 0 saturated heterocycles. The summed E-state index contributed by atoms with van der Waals surface area (Å²) in [6.45, 7) is 6.66. The fourth-order valence-corrected chi connectivity index (χ4v) is 2.80. The number of nitrogens with one attached hydrogen (secondary N) is 1. The summed E-state index contributed by atoms with van der Waals surface area (Å²) in [7, 11) is 0. The number of nitrogens with zero attached hydrogens (tertiary/aromatic N) is 2. The molecule has 3 rings (SSSR count). The van der Waals surface area contributed by atoms with Gasteiger partial charge in [0.1, 0.15) is 0 Å². The lowest BCUT2D eigenvalue weighted by molar-refractivity contribution is 0.0950. The van der Waals surface area contributed by atoms with Gasteiger partial charge in [-0.3, -0.25) is 4.79 Å². The highest BCUT2D eigenvalue weighted by molar-refractivity contribution is 5.95. The first kappa shape index (κ1) is 17.0. The molecule has 0 aliphatic carbocycles. The largest absolute Gasteiger partial charge is 0.348 e. The van der Waals surface area contributed by atoms with Gasteiger partial charge >= 0.3 is 0 Å². The average molecular weight is 333 g/mol. The minimum atomic E-state index is -0.0872. The molecule has 1 heterocycles. The van der Waals surface area contributed by atoms with E-state index in [9.17, 15) is 4.79 Å². The van der Waals surface area contributed by atoms with E-state index >= 15 is 0 Å². The number of hydrogen-bond donors (Lipinski definition) is 1. The summed E-state index contributed by atoms with van der Waals surface area (Å²) in [5, 5.41) is 7.42. The Morgan fingerprint density at radius 2 is 1.60 bits per heavy atom. The Kier molecular flexibility index (Phi) is 4.98. The van der Waals surface area contributed by atoms with Crippen molar-refractivity contribution in [3.05, 3.63) is 82.7 Å². The normalized spacial score (nSPS) is 10.7. The van der Waals surface area contributed by atoms with Gasteiger partial charge in [-0.25, -0.2) is 4.68 Å². The summed E-state index contributed by atoms with van der Waals surface area (Å²) >= 11 is 0. The molecule has 0 atom stereocenters. The van der Waals surface area contributed by atoms with Crippen LogP contribution in [0.15, 0.2) is 54.7 Å². The van der Waals surface area contributed by atoms with Crippen LogP contribution in [0.3, 0.4) is 0 Å². The summed E-state index contributed by atoms with van der Waals surface area (Å²) in [6.07, 6.45) is 2.39. The molecule has 1 aromatic heterocycles. The molecule has 0 unspecified atom stereocenters. The third-order valence-electron chi connectivity index (χ3n) is 4.30. The molecule has 0 radical (unpaired) electrons. The fourth-order valence-electron chi connectivity index (χ4n) is 2.80. The number of aromatic nitrogens is 2. The molecule has 1 N–H and O–H groups in total. The smallest absolute Gasteiger partial charge is 0.255 e. The maximum absolute atomic E-state index is 12.6. The second kappa shape index (κ2) is 7.34. The van der Waals surface area contributed by atoms with Crippen molar-refractivity contribution in [1.82, 2.24) is 15.1 Å². The number of amides is 1. The topological polar surface area (TPSA) is 46.9 Å². The molecule has 0 fully saturated rings. The van der Waals surface area contributed by atoms with Gasteiger partial charge in [-0.1, -0.05) is 54.4 Å². The third-order valence-corrected chi connectivity index (χ3v) is 4.30. The van der Waals surface area contributed by atoms with Crippen molar-refractivity contribution in [2.75, 3.05) is 0 Å². The zero-order valence-electron chi connectivity index (χ0n) is 14.9. The van der Waals surface area contributed by atoms with Gasteiger partial charge in [-0.2, -0.15) is 5.10 Å². The summed E-state index contributed by atoms with van der Waals surface area (Å²) in [6, 6.07) is 16.3. The van der Waals surface area contributed by atoms with E-state index in [4.69, 9.17) is 0 Å². The van der Waals surface area contributed by atoms with Gasteiger partial charge in [0.25, 0.3) is 5.91 Å². The summed E-state index contributed by atoms with van der Waals surface area (Å²) in [5.41, 5.74) is 6.02. The molecule has 128 valence electrons. The van der Waals surface area contributed by atoms with Crippen molar-refractivity contribution in [2.45, 2.75) is 33.7 Å². The molecule has 4 nitrogen and oxygen atoms in total. The van der Waals surface area contributed by atoms with Gasteiger partial charge < -0.3 is 5.32 Å². The first-order valence-electron chi connectivity index (χ1n) is 8.56. The molecular formula is C21H23N3O. The lowest BCUT2D eigenvalue weighted by Crippen LogP contribution is -2.23. The lowest BCUT2D eigenvalue weighted by Gasteiger charge is -2.09. The predicted molar refractivity (Wildman–Crippen MR) is 100 cm³/mol. The van der Waals surface area contributed by atoms with Crippen LogP contribution in [0.4, 0.5) is 0 Å². The van der Waals surface area contributed by atoms with Gasteiger partial charge in [0, 0.05) is 6.54 Å². The van der Waals surface area contributed by atoms with Crippen LogP contribution in [0.2, 0.25) is 0 Å². The van der Waals surface area contributed by atoms with E-state index in [1.807, 2.05) is 60.1 Å². The van der Waals surface area contributed by atoms with Crippen LogP contribution in [-0.4, -0.2) is 15.7 Å². The van der Waals surface area contributed by atoms with Crippen LogP contribution < -0.4 is 5.32 Å². The maximum Gasteiger partial charge on any atom is 0.255 e. The van der Waals surface area contributed by atoms with Crippen molar-refractivity contribution in [3.8, 4) is 5.69 Å². The minimum absolute atomic E-state index is 0.0872. The molecular weight excluding hydrogens is 310 g/mol. The molecule has 4 heteroatoms. The van der Waals surface area contributed by atoms with E-state index in [1.54, 1.807) is 6.20 Å². The predicted octanol–water partition coefficient (Wildman–Crippen LogP) is 3.98. The van der Waals surface area contributed by atoms with Gasteiger partial charge in [0.15, 0.2) is 0 Å².